The molecule has 29 heavy (non-hydrogen) atoms. The number of hydrogen-bond acceptors (Lipinski definition) is 4. The van der Waals surface area contributed by atoms with Gasteiger partial charge in [-0.1, -0.05) is 43.3 Å². The second kappa shape index (κ2) is 10.7. The fourth-order valence-electron chi connectivity index (χ4n) is 3.70. The Kier molecular flexibility index (Phi) is 7.98. The molecule has 5 nitrogen and oxygen atoms in total. The molecule has 0 spiro atoms. The van der Waals surface area contributed by atoms with E-state index in [0.29, 0.717) is 17.9 Å². The molecule has 156 valence electrons. The zero-order valence-electron chi connectivity index (χ0n) is 17.4. The largest absolute Gasteiger partial charge is 0.348 e. The minimum absolute atomic E-state index is 0.0971. The lowest BCUT2D eigenvalue weighted by atomic mass is 10.1. The highest BCUT2D eigenvalue weighted by Crippen LogP contribution is 2.14. The molecule has 2 aromatic carbocycles. The number of hydrogen-bond donors (Lipinski definition) is 1. The molecule has 0 bridgehead atoms. The van der Waals surface area contributed by atoms with E-state index in [1.54, 1.807) is 12.3 Å². The third kappa shape index (κ3) is 6.49. The van der Waals surface area contributed by atoms with Crippen LogP contribution >= 0.6 is 0 Å². The summed E-state index contributed by atoms with van der Waals surface area (Å²) in [6, 6.07) is 15.7. The maximum atomic E-state index is 12.6. The molecule has 1 fully saturated rings. The Balaban J connectivity index is 1.60. The van der Waals surface area contributed by atoms with Gasteiger partial charge in [0, 0.05) is 67.6 Å². The summed E-state index contributed by atoms with van der Waals surface area (Å²) in [5, 5.41) is 3.05. The molecule has 1 aliphatic heterocycles. The highest BCUT2D eigenvalue weighted by atomic mass is 32.2. The van der Waals surface area contributed by atoms with Gasteiger partial charge in [-0.05, 0) is 35.4 Å². The second-order valence-electron chi connectivity index (χ2n) is 7.58. The van der Waals surface area contributed by atoms with Crippen LogP contribution in [0.1, 0.15) is 34.0 Å². The molecule has 0 radical (unpaired) electrons. The molecule has 1 N–H and O–H groups in total. The van der Waals surface area contributed by atoms with Crippen LogP contribution in [0.2, 0.25) is 0 Å². The number of rotatable bonds is 8. The van der Waals surface area contributed by atoms with Gasteiger partial charge >= 0.3 is 0 Å². The number of carbonyl (C=O) groups is 1. The topological polar surface area (TPSA) is 52.6 Å². The van der Waals surface area contributed by atoms with Gasteiger partial charge in [0.25, 0.3) is 5.91 Å². The summed E-state index contributed by atoms with van der Waals surface area (Å²) in [4.78, 5) is 17.6. The molecule has 0 unspecified atom stereocenters. The van der Waals surface area contributed by atoms with Crippen molar-refractivity contribution in [1.82, 2.24) is 15.1 Å². The van der Waals surface area contributed by atoms with Crippen molar-refractivity contribution in [2.45, 2.75) is 25.8 Å². The van der Waals surface area contributed by atoms with Crippen LogP contribution < -0.4 is 5.32 Å². The SMILES string of the molecule is CCN1CCN(Cc2ccccc2CNC(=O)c2cccc(C[S@@](C)=O)c2)CC1. The summed E-state index contributed by atoms with van der Waals surface area (Å²) in [6.07, 6.45) is 1.67. The highest BCUT2D eigenvalue weighted by molar-refractivity contribution is 7.83. The van der Waals surface area contributed by atoms with Crippen molar-refractivity contribution in [3.05, 3.63) is 70.8 Å². The highest BCUT2D eigenvalue weighted by Gasteiger charge is 2.17. The standard InChI is InChI=1S/C23H31N3O2S/c1-3-25-11-13-26(14-12-25)17-22-9-5-4-8-21(22)16-24-23(27)20-10-6-7-19(15-20)18-29(2)28/h4-10,15H,3,11-14,16-18H2,1-2H3,(H,24,27)/t29-/m1/s1. The van der Waals surface area contributed by atoms with Crippen molar-refractivity contribution in [1.29, 1.82) is 0 Å². The molecular formula is C23H31N3O2S. The van der Waals surface area contributed by atoms with E-state index in [0.717, 1.165) is 50.4 Å². The number of benzene rings is 2. The van der Waals surface area contributed by atoms with E-state index >= 15 is 0 Å². The van der Waals surface area contributed by atoms with Crippen LogP contribution in [-0.2, 0) is 29.6 Å². The Labute approximate surface area is 176 Å². The van der Waals surface area contributed by atoms with Gasteiger partial charge in [-0.15, -0.1) is 0 Å². The molecule has 1 saturated heterocycles. The molecule has 1 amide bonds. The van der Waals surface area contributed by atoms with Gasteiger partial charge in [-0.3, -0.25) is 13.9 Å². The smallest absolute Gasteiger partial charge is 0.251 e. The van der Waals surface area contributed by atoms with Crippen LogP contribution in [0, 0.1) is 0 Å². The number of likely N-dealkylation sites (N-methyl/N-ethyl adjacent to an activating group) is 1. The molecule has 1 atom stereocenters. The number of amides is 1. The predicted octanol–water partition coefficient (Wildman–Crippen LogP) is 2.63. The van der Waals surface area contributed by atoms with Gasteiger partial charge in [-0.2, -0.15) is 0 Å². The minimum Gasteiger partial charge on any atom is -0.348 e. The number of carbonyl (C=O) groups excluding carboxylic acids is 1. The summed E-state index contributed by atoms with van der Waals surface area (Å²) < 4.78 is 11.4. The van der Waals surface area contributed by atoms with E-state index in [4.69, 9.17) is 0 Å². The first kappa shape index (κ1) is 21.7. The molecule has 0 aliphatic carbocycles. The third-order valence-corrected chi connectivity index (χ3v) is 6.16. The molecule has 3 rings (SSSR count). The van der Waals surface area contributed by atoms with Gasteiger partial charge in [0.2, 0.25) is 0 Å². The minimum atomic E-state index is -0.921. The summed E-state index contributed by atoms with van der Waals surface area (Å²) in [5.74, 6) is 0.370. The Morgan fingerprint density at radius 1 is 1.00 bits per heavy atom. The molecular weight excluding hydrogens is 382 g/mol. The first-order valence-corrected chi connectivity index (χ1v) is 12.0. The first-order chi connectivity index (χ1) is 14.0. The van der Waals surface area contributed by atoms with Crippen LogP contribution in [-0.4, -0.2) is 58.9 Å². The van der Waals surface area contributed by atoms with Gasteiger partial charge in [0.1, 0.15) is 0 Å². The quantitative estimate of drug-likeness (QED) is 0.723. The third-order valence-electron chi connectivity index (χ3n) is 5.42. The average Bonchev–Trinajstić information content (AvgIpc) is 2.73. The maximum Gasteiger partial charge on any atom is 0.251 e. The molecule has 0 saturated carbocycles. The van der Waals surface area contributed by atoms with Crippen LogP contribution in [0.25, 0.3) is 0 Å². The Bertz CT molecular complexity index is 848. The lowest BCUT2D eigenvalue weighted by molar-refractivity contribution is 0.0950. The van der Waals surface area contributed by atoms with E-state index in [1.807, 2.05) is 24.3 Å². The predicted molar refractivity (Wildman–Crippen MR) is 119 cm³/mol. The molecule has 6 heteroatoms. The summed E-state index contributed by atoms with van der Waals surface area (Å²) in [7, 11) is -0.921. The van der Waals surface area contributed by atoms with E-state index < -0.39 is 10.8 Å². The maximum absolute atomic E-state index is 12.6. The fraction of sp³-hybridized carbons (Fsp3) is 0.435. The average molecular weight is 414 g/mol. The van der Waals surface area contributed by atoms with Crippen molar-refractivity contribution in [2.24, 2.45) is 0 Å². The van der Waals surface area contributed by atoms with Crippen molar-refractivity contribution in [3.8, 4) is 0 Å². The van der Waals surface area contributed by atoms with Crippen LogP contribution in [0.4, 0.5) is 0 Å². The van der Waals surface area contributed by atoms with Gasteiger partial charge in [0.15, 0.2) is 0 Å². The molecule has 0 aromatic heterocycles. The van der Waals surface area contributed by atoms with Crippen molar-refractivity contribution in [3.63, 3.8) is 0 Å². The first-order valence-electron chi connectivity index (χ1n) is 10.2. The Morgan fingerprint density at radius 2 is 1.69 bits per heavy atom. The molecule has 1 heterocycles. The lowest BCUT2D eigenvalue weighted by Gasteiger charge is -2.34. The lowest BCUT2D eigenvalue weighted by Crippen LogP contribution is -2.45. The van der Waals surface area contributed by atoms with Crippen LogP contribution in [0.3, 0.4) is 0 Å². The zero-order valence-corrected chi connectivity index (χ0v) is 18.2. The van der Waals surface area contributed by atoms with Gasteiger partial charge < -0.3 is 10.2 Å². The number of nitrogens with one attached hydrogen (secondary N) is 1. The molecule has 1 aliphatic rings. The zero-order chi connectivity index (χ0) is 20.6. The molecule has 2 aromatic rings. The van der Waals surface area contributed by atoms with Crippen LogP contribution in [0.15, 0.2) is 48.5 Å². The number of nitrogens with zero attached hydrogens (tertiary/aromatic N) is 2. The van der Waals surface area contributed by atoms with Gasteiger partial charge in [0.05, 0.1) is 0 Å². The van der Waals surface area contributed by atoms with Crippen molar-refractivity contribution in [2.75, 3.05) is 39.0 Å². The van der Waals surface area contributed by atoms with Crippen molar-refractivity contribution >= 4 is 16.7 Å². The van der Waals surface area contributed by atoms with Crippen LogP contribution in [0.5, 0.6) is 0 Å². The summed E-state index contributed by atoms with van der Waals surface area (Å²) >= 11 is 0. The normalized spacial score (nSPS) is 16.5. The summed E-state index contributed by atoms with van der Waals surface area (Å²) in [6.45, 7) is 9.16. The fourth-order valence-corrected chi connectivity index (χ4v) is 4.35. The van der Waals surface area contributed by atoms with E-state index in [2.05, 4.69) is 40.2 Å². The monoisotopic (exact) mass is 413 g/mol. The number of piperazine rings is 1. The Hall–Kier alpha value is -2.02. The van der Waals surface area contributed by atoms with E-state index in [-0.39, 0.29) is 5.91 Å². The second-order valence-corrected chi connectivity index (χ2v) is 9.01. The summed E-state index contributed by atoms with van der Waals surface area (Å²) in [5.41, 5.74) is 3.96. The van der Waals surface area contributed by atoms with Gasteiger partial charge in [-0.25, -0.2) is 0 Å². The Morgan fingerprint density at radius 3 is 2.38 bits per heavy atom. The van der Waals surface area contributed by atoms with Crippen molar-refractivity contribution < 1.29 is 9.00 Å². The van der Waals surface area contributed by atoms with E-state index in [9.17, 15) is 9.00 Å². The van der Waals surface area contributed by atoms with E-state index in [1.165, 1.54) is 5.56 Å².